The molecule has 0 unspecified atom stereocenters. The van der Waals surface area contributed by atoms with Gasteiger partial charge in [-0.3, -0.25) is 9.78 Å². The summed E-state index contributed by atoms with van der Waals surface area (Å²) in [5.74, 6) is 0. The van der Waals surface area contributed by atoms with E-state index in [1.54, 1.807) is 6.20 Å². The van der Waals surface area contributed by atoms with Crippen molar-refractivity contribution in [3.63, 3.8) is 0 Å². The van der Waals surface area contributed by atoms with Crippen molar-refractivity contribution in [2.75, 3.05) is 0 Å². The first-order valence-electron chi connectivity index (χ1n) is 5.51. The number of aryl methyl sites for hydroxylation is 1. The molecule has 2 heterocycles. The van der Waals surface area contributed by atoms with Crippen LogP contribution in [0.4, 0.5) is 0 Å². The number of hydrogen-bond donors (Lipinski definition) is 2. The maximum absolute atomic E-state index is 4.31. The van der Waals surface area contributed by atoms with E-state index >= 15 is 0 Å². The van der Waals surface area contributed by atoms with Crippen molar-refractivity contribution >= 4 is 0 Å². The van der Waals surface area contributed by atoms with Gasteiger partial charge in [-0.05, 0) is 19.9 Å². The Morgan fingerprint density at radius 2 is 2.31 bits per heavy atom. The molecule has 16 heavy (non-hydrogen) atoms. The van der Waals surface area contributed by atoms with Gasteiger partial charge in [0.2, 0.25) is 0 Å². The van der Waals surface area contributed by atoms with Crippen LogP contribution in [-0.4, -0.2) is 20.0 Å². The molecule has 2 rings (SSSR count). The zero-order valence-electron chi connectivity index (χ0n) is 9.70. The van der Waals surface area contributed by atoms with Gasteiger partial charge in [0.25, 0.3) is 0 Å². The van der Waals surface area contributed by atoms with Crippen LogP contribution < -0.4 is 5.32 Å². The maximum atomic E-state index is 4.31. The van der Waals surface area contributed by atoms with Crippen LogP contribution in [0.2, 0.25) is 0 Å². The van der Waals surface area contributed by atoms with Crippen molar-refractivity contribution in [1.82, 2.24) is 25.3 Å². The highest BCUT2D eigenvalue weighted by Crippen LogP contribution is 2.06. The van der Waals surface area contributed by atoms with Crippen molar-refractivity contribution in [3.05, 3.63) is 35.4 Å². The van der Waals surface area contributed by atoms with Crippen molar-refractivity contribution < 1.29 is 0 Å². The molecular formula is C11H17N5. The maximum Gasteiger partial charge on any atom is 0.0537 e. The molecular weight excluding hydrogens is 202 g/mol. The smallest absolute Gasteiger partial charge is 0.0537 e. The number of rotatable bonds is 5. The van der Waals surface area contributed by atoms with E-state index < -0.39 is 0 Å². The van der Waals surface area contributed by atoms with Crippen LogP contribution in [-0.2, 0) is 19.6 Å². The van der Waals surface area contributed by atoms with Crippen molar-refractivity contribution in [2.24, 2.45) is 0 Å². The van der Waals surface area contributed by atoms with E-state index in [1.807, 2.05) is 16.9 Å². The Hall–Kier alpha value is -1.62. The molecule has 5 heteroatoms. The third-order valence-electron chi connectivity index (χ3n) is 2.69. The molecule has 2 aromatic rings. The first-order chi connectivity index (χ1) is 7.81. The zero-order chi connectivity index (χ0) is 11.4. The van der Waals surface area contributed by atoms with E-state index in [0.717, 1.165) is 25.3 Å². The lowest BCUT2D eigenvalue weighted by molar-refractivity contribution is 0.632. The Labute approximate surface area is 94.9 Å². The minimum atomic E-state index is 0.802. The quantitative estimate of drug-likeness (QED) is 0.795. The van der Waals surface area contributed by atoms with E-state index in [-0.39, 0.29) is 0 Å². The number of H-pyrrole nitrogens is 1. The first kappa shape index (κ1) is 10.9. The SMILES string of the molecule is CCn1ncc(CNCc2ccn[nH]2)c1C. The topological polar surface area (TPSA) is 58.5 Å². The average molecular weight is 219 g/mol. The summed E-state index contributed by atoms with van der Waals surface area (Å²) in [5.41, 5.74) is 3.58. The second-order valence-corrected chi connectivity index (χ2v) is 3.76. The molecule has 0 atom stereocenters. The second kappa shape index (κ2) is 4.94. The molecule has 5 nitrogen and oxygen atoms in total. The summed E-state index contributed by atoms with van der Waals surface area (Å²) in [5, 5.41) is 14.5. The van der Waals surface area contributed by atoms with Crippen molar-refractivity contribution in [2.45, 2.75) is 33.5 Å². The van der Waals surface area contributed by atoms with E-state index in [2.05, 4.69) is 34.5 Å². The normalized spacial score (nSPS) is 10.9. The lowest BCUT2D eigenvalue weighted by Crippen LogP contribution is -2.13. The molecule has 0 aliphatic heterocycles. The lowest BCUT2D eigenvalue weighted by atomic mass is 10.2. The van der Waals surface area contributed by atoms with Crippen LogP contribution in [0.15, 0.2) is 18.5 Å². The molecule has 0 radical (unpaired) electrons. The van der Waals surface area contributed by atoms with Crippen LogP contribution >= 0.6 is 0 Å². The molecule has 0 aliphatic carbocycles. The largest absolute Gasteiger partial charge is 0.307 e. The predicted molar refractivity (Wildman–Crippen MR) is 61.8 cm³/mol. The molecule has 0 fully saturated rings. The number of nitrogens with one attached hydrogen (secondary N) is 2. The Kier molecular flexibility index (Phi) is 3.36. The number of aromatic amines is 1. The number of aromatic nitrogens is 4. The first-order valence-corrected chi connectivity index (χ1v) is 5.51. The third-order valence-corrected chi connectivity index (χ3v) is 2.69. The molecule has 0 saturated carbocycles. The molecule has 0 aliphatic rings. The van der Waals surface area contributed by atoms with E-state index in [1.165, 1.54) is 11.3 Å². The van der Waals surface area contributed by atoms with Crippen LogP contribution in [0.25, 0.3) is 0 Å². The predicted octanol–water partition coefficient (Wildman–Crippen LogP) is 1.22. The van der Waals surface area contributed by atoms with Gasteiger partial charge in [-0.2, -0.15) is 10.2 Å². The molecule has 0 spiro atoms. The number of hydrogen-bond acceptors (Lipinski definition) is 3. The van der Waals surface area contributed by atoms with E-state index in [0.29, 0.717) is 0 Å². The van der Waals surface area contributed by atoms with Crippen LogP contribution in [0.1, 0.15) is 23.9 Å². The highest BCUT2D eigenvalue weighted by atomic mass is 15.3. The molecule has 86 valence electrons. The van der Waals surface area contributed by atoms with Gasteiger partial charge in [-0.25, -0.2) is 0 Å². The monoisotopic (exact) mass is 219 g/mol. The van der Waals surface area contributed by atoms with Gasteiger partial charge >= 0.3 is 0 Å². The van der Waals surface area contributed by atoms with Gasteiger partial charge < -0.3 is 5.32 Å². The molecule has 0 amide bonds. The molecule has 0 saturated heterocycles. The summed E-state index contributed by atoms with van der Waals surface area (Å²) < 4.78 is 2.01. The van der Waals surface area contributed by atoms with Crippen LogP contribution in [0.3, 0.4) is 0 Å². The summed E-state index contributed by atoms with van der Waals surface area (Å²) in [6.07, 6.45) is 3.69. The summed E-state index contributed by atoms with van der Waals surface area (Å²) in [4.78, 5) is 0. The van der Waals surface area contributed by atoms with Gasteiger partial charge in [0.05, 0.1) is 6.20 Å². The fourth-order valence-corrected chi connectivity index (χ4v) is 1.69. The molecule has 0 bridgehead atoms. The van der Waals surface area contributed by atoms with Gasteiger partial charge in [0.1, 0.15) is 0 Å². The highest BCUT2D eigenvalue weighted by Gasteiger charge is 2.04. The lowest BCUT2D eigenvalue weighted by Gasteiger charge is -2.03. The highest BCUT2D eigenvalue weighted by molar-refractivity contribution is 5.15. The van der Waals surface area contributed by atoms with E-state index in [9.17, 15) is 0 Å². The van der Waals surface area contributed by atoms with Gasteiger partial charge in [0.15, 0.2) is 0 Å². The fraction of sp³-hybridized carbons (Fsp3) is 0.455. The number of nitrogens with zero attached hydrogens (tertiary/aromatic N) is 3. The average Bonchev–Trinajstić information content (AvgIpc) is 2.90. The summed E-state index contributed by atoms with van der Waals surface area (Å²) in [6.45, 7) is 6.76. The standard InChI is InChI=1S/C11H17N5/c1-3-16-9(2)10(7-14-16)6-12-8-11-4-5-13-15-11/h4-5,7,12H,3,6,8H2,1-2H3,(H,13,15). The Morgan fingerprint density at radius 3 is 2.94 bits per heavy atom. The Bertz CT molecular complexity index is 429. The van der Waals surface area contributed by atoms with Gasteiger partial charge in [-0.1, -0.05) is 0 Å². The van der Waals surface area contributed by atoms with Crippen molar-refractivity contribution in [3.8, 4) is 0 Å². The van der Waals surface area contributed by atoms with E-state index in [4.69, 9.17) is 0 Å². The zero-order valence-corrected chi connectivity index (χ0v) is 9.70. The summed E-state index contributed by atoms with van der Waals surface area (Å²) in [7, 11) is 0. The fourth-order valence-electron chi connectivity index (χ4n) is 1.69. The minimum absolute atomic E-state index is 0.802. The van der Waals surface area contributed by atoms with Crippen LogP contribution in [0, 0.1) is 6.92 Å². The molecule has 0 aromatic carbocycles. The summed E-state index contributed by atoms with van der Waals surface area (Å²) in [6, 6.07) is 1.97. The Morgan fingerprint density at radius 1 is 1.44 bits per heavy atom. The minimum Gasteiger partial charge on any atom is -0.307 e. The molecule has 2 aromatic heterocycles. The second-order valence-electron chi connectivity index (χ2n) is 3.76. The summed E-state index contributed by atoms with van der Waals surface area (Å²) >= 11 is 0. The Balaban J connectivity index is 1.87. The third kappa shape index (κ3) is 2.30. The van der Waals surface area contributed by atoms with Crippen molar-refractivity contribution in [1.29, 1.82) is 0 Å². The van der Waals surface area contributed by atoms with Crippen LogP contribution in [0.5, 0.6) is 0 Å². The van der Waals surface area contributed by atoms with Gasteiger partial charge in [-0.15, -0.1) is 0 Å². The molecule has 2 N–H and O–H groups in total. The van der Waals surface area contributed by atoms with Gasteiger partial charge in [0, 0.05) is 42.8 Å².